The number of pyridine rings is 1. The lowest BCUT2D eigenvalue weighted by Crippen LogP contribution is -2.41. The number of hydrogen-bond acceptors (Lipinski definition) is 6. The zero-order chi connectivity index (χ0) is 20.2. The van der Waals surface area contributed by atoms with Crippen LogP contribution in [0.1, 0.15) is 11.6 Å². The molecule has 1 saturated heterocycles. The molecule has 0 bridgehead atoms. The van der Waals surface area contributed by atoms with E-state index in [9.17, 15) is 14.5 Å². The van der Waals surface area contributed by atoms with Gasteiger partial charge in [-0.3, -0.25) is 20.0 Å². The van der Waals surface area contributed by atoms with E-state index in [0.717, 1.165) is 29.7 Å². The summed E-state index contributed by atoms with van der Waals surface area (Å²) in [5.41, 5.74) is 1.84. The van der Waals surface area contributed by atoms with Crippen molar-refractivity contribution in [3.8, 4) is 0 Å². The Morgan fingerprint density at radius 1 is 1.14 bits per heavy atom. The summed E-state index contributed by atoms with van der Waals surface area (Å²) in [5, 5.41) is 16.0. The summed E-state index contributed by atoms with van der Waals surface area (Å²) in [6.07, 6.45) is 3.13. The SMILES string of the molecule is O=[N+]([O-])c1ccc(NC[C@H](c2ccc(F)cc2)N2CCOCC2)c2ccncc12. The average Bonchev–Trinajstić information content (AvgIpc) is 2.75. The van der Waals surface area contributed by atoms with Gasteiger partial charge in [0.1, 0.15) is 5.82 Å². The molecule has 1 aliphatic heterocycles. The molecule has 29 heavy (non-hydrogen) atoms. The highest BCUT2D eigenvalue weighted by molar-refractivity contribution is 5.99. The van der Waals surface area contributed by atoms with E-state index in [-0.39, 0.29) is 17.5 Å². The van der Waals surface area contributed by atoms with Crippen molar-refractivity contribution in [3.63, 3.8) is 0 Å². The fourth-order valence-electron chi connectivity index (χ4n) is 3.73. The second-order valence-electron chi connectivity index (χ2n) is 6.91. The lowest BCUT2D eigenvalue weighted by atomic mass is 10.0. The van der Waals surface area contributed by atoms with Crippen LogP contribution in [0.15, 0.2) is 54.9 Å². The van der Waals surface area contributed by atoms with Gasteiger partial charge in [-0.05, 0) is 29.8 Å². The number of aromatic nitrogens is 1. The Kier molecular flexibility index (Phi) is 5.64. The van der Waals surface area contributed by atoms with Gasteiger partial charge in [-0.15, -0.1) is 0 Å². The summed E-state index contributed by atoms with van der Waals surface area (Å²) in [6.45, 7) is 3.46. The smallest absolute Gasteiger partial charge is 0.278 e. The predicted octanol–water partition coefficient (Wildman–Crippen LogP) is 3.77. The minimum atomic E-state index is -0.400. The first-order valence-electron chi connectivity index (χ1n) is 9.46. The van der Waals surface area contributed by atoms with E-state index < -0.39 is 4.92 Å². The van der Waals surface area contributed by atoms with Gasteiger partial charge in [-0.2, -0.15) is 0 Å². The molecule has 0 radical (unpaired) electrons. The van der Waals surface area contributed by atoms with Crippen molar-refractivity contribution >= 4 is 22.1 Å². The predicted molar refractivity (Wildman–Crippen MR) is 108 cm³/mol. The fraction of sp³-hybridized carbons (Fsp3) is 0.286. The minimum Gasteiger partial charge on any atom is -0.383 e. The van der Waals surface area contributed by atoms with Crippen molar-refractivity contribution in [2.75, 3.05) is 38.2 Å². The van der Waals surface area contributed by atoms with Crippen LogP contribution < -0.4 is 5.32 Å². The molecule has 0 aliphatic carbocycles. The molecule has 7 nitrogen and oxygen atoms in total. The van der Waals surface area contributed by atoms with E-state index in [1.54, 1.807) is 30.5 Å². The number of hydrogen-bond donors (Lipinski definition) is 1. The number of morpholine rings is 1. The van der Waals surface area contributed by atoms with Crippen molar-refractivity contribution in [1.82, 2.24) is 9.88 Å². The second kappa shape index (κ2) is 8.50. The standard InChI is InChI=1S/C21H21FN4O3/c22-16-3-1-15(2-4-16)21(25-9-11-29-12-10-25)14-24-19-5-6-20(26(27)28)18-13-23-8-7-17(18)19/h1-8,13,21,24H,9-12,14H2/t21-/m1/s1. The monoisotopic (exact) mass is 396 g/mol. The molecule has 1 aliphatic rings. The van der Waals surface area contributed by atoms with Crippen LogP contribution in [0.2, 0.25) is 0 Å². The molecule has 1 N–H and O–H groups in total. The Morgan fingerprint density at radius 3 is 2.62 bits per heavy atom. The number of ether oxygens (including phenoxy) is 1. The van der Waals surface area contributed by atoms with Gasteiger partial charge in [-0.25, -0.2) is 4.39 Å². The quantitative estimate of drug-likeness (QED) is 0.505. The lowest BCUT2D eigenvalue weighted by Gasteiger charge is -2.35. The number of fused-ring (bicyclic) bond motifs is 1. The van der Waals surface area contributed by atoms with Gasteiger partial charge in [0.15, 0.2) is 0 Å². The largest absolute Gasteiger partial charge is 0.383 e. The first-order valence-corrected chi connectivity index (χ1v) is 9.46. The Hall–Kier alpha value is -3.10. The summed E-state index contributed by atoms with van der Waals surface area (Å²) in [7, 11) is 0. The van der Waals surface area contributed by atoms with Gasteiger partial charge in [-0.1, -0.05) is 12.1 Å². The number of halogens is 1. The molecule has 150 valence electrons. The number of nitro groups is 1. The first-order chi connectivity index (χ1) is 14.1. The van der Waals surface area contributed by atoms with Crippen LogP contribution in [0.25, 0.3) is 10.8 Å². The highest BCUT2D eigenvalue weighted by Gasteiger charge is 2.23. The van der Waals surface area contributed by atoms with Crippen molar-refractivity contribution < 1.29 is 14.1 Å². The van der Waals surface area contributed by atoms with Crippen molar-refractivity contribution in [2.24, 2.45) is 0 Å². The normalized spacial score (nSPS) is 15.9. The molecular weight excluding hydrogens is 375 g/mol. The third kappa shape index (κ3) is 4.18. The summed E-state index contributed by atoms with van der Waals surface area (Å²) in [5.74, 6) is -0.267. The van der Waals surface area contributed by atoms with Crippen LogP contribution in [0.5, 0.6) is 0 Å². The van der Waals surface area contributed by atoms with Crippen molar-refractivity contribution in [2.45, 2.75) is 6.04 Å². The molecular formula is C21H21FN4O3. The molecule has 0 spiro atoms. The number of nitrogens with one attached hydrogen (secondary N) is 1. The van der Waals surface area contributed by atoms with Crippen LogP contribution in [0.4, 0.5) is 15.8 Å². The zero-order valence-electron chi connectivity index (χ0n) is 15.8. The average molecular weight is 396 g/mol. The molecule has 3 aromatic rings. The highest BCUT2D eigenvalue weighted by atomic mass is 19.1. The summed E-state index contributed by atoms with van der Waals surface area (Å²) in [4.78, 5) is 17.3. The number of anilines is 1. The van der Waals surface area contributed by atoms with Gasteiger partial charge in [0, 0.05) is 49.2 Å². The number of nitrogens with zero attached hydrogens (tertiary/aromatic N) is 3. The number of non-ortho nitro benzene ring substituents is 1. The van der Waals surface area contributed by atoms with E-state index in [4.69, 9.17) is 4.74 Å². The van der Waals surface area contributed by atoms with Gasteiger partial charge in [0.25, 0.3) is 5.69 Å². The Balaban J connectivity index is 1.63. The zero-order valence-corrected chi connectivity index (χ0v) is 15.8. The van der Waals surface area contributed by atoms with E-state index in [1.165, 1.54) is 24.4 Å². The van der Waals surface area contributed by atoms with Crippen LogP contribution in [0, 0.1) is 15.9 Å². The summed E-state index contributed by atoms with van der Waals surface area (Å²) >= 11 is 0. The Bertz CT molecular complexity index is 1010. The molecule has 2 heterocycles. The maximum atomic E-state index is 13.4. The number of nitro benzene ring substituents is 1. The van der Waals surface area contributed by atoms with E-state index in [2.05, 4.69) is 15.2 Å². The molecule has 4 rings (SSSR count). The lowest BCUT2D eigenvalue weighted by molar-refractivity contribution is -0.383. The maximum absolute atomic E-state index is 13.4. The number of benzene rings is 2. The molecule has 1 aromatic heterocycles. The fourth-order valence-corrected chi connectivity index (χ4v) is 3.73. The van der Waals surface area contributed by atoms with Crippen LogP contribution in [0.3, 0.4) is 0 Å². The van der Waals surface area contributed by atoms with E-state index >= 15 is 0 Å². The van der Waals surface area contributed by atoms with Gasteiger partial charge < -0.3 is 10.1 Å². The highest BCUT2D eigenvalue weighted by Crippen LogP contribution is 2.31. The minimum absolute atomic E-state index is 0.0200. The van der Waals surface area contributed by atoms with Crippen LogP contribution in [-0.2, 0) is 4.74 Å². The van der Waals surface area contributed by atoms with Crippen molar-refractivity contribution in [1.29, 1.82) is 0 Å². The molecule has 0 amide bonds. The topological polar surface area (TPSA) is 80.5 Å². The van der Waals surface area contributed by atoms with E-state index in [0.29, 0.717) is 25.1 Å². The molecule has 1 atom stereocenters. The van der Waals surface area contributed by atoms with Gasteiger partial charge in [0.05, 0.1) is 29.6 Å². The Morgan fingerprint density at radius 2 is 1.90 bits per heavy atom. The molecule has 0 saturated carbocycles. The molecule has 2 aromatic carbocycles. The molecule has 1 fully saturated rings. The maximum Gasteiger partial charge on any atom is 0.278 e. The third-order valence-corrected chi connectivity index (χ3v) is 5.22. The van der Waals surface area contributed by atoms with Gasteiger partial charge >= 0.3 is 0 Å². The van der Waals surface area contributed by atoms with Crippen molar-refractivity contribution in [3.05, 3.63) is 76.4 Å². The second-order valence-corrected chi connectivity index (χ2v) is 6.91. The molecule has 0 unspecified atom stereocenters. The number of rotatable bonds is 6. The molecule has 8 heteroatoms. The third-order valence-electron chi connectivity index (χ3n) is 5.22. The Labute approximate surface area is 167 Å². The van der Waals surface area contributed by atoms with Crippen LogP contribution in [-0.4, -0.2) is 47.7 Å². The van der Waals surface area contributed by atoms with Crippen LogP contribution >= 0.6 is 0 Å². The summed E-state index contributed by atoms with van der Waals surface area (Å²) < 4.78 is 18.9. The van der Waals surface area contributed by atoms with E-state index in [1.807, 2.05) is 0 Å². The van der Waals surface area contributed by atoms with Gasteiger partial charge in [0.2, 0.25) is 0 Å². The first kappa shape index (κ1) is 19.2. The summed E-state index contributed by atoms with van der Waals surface area (Å²) in [6, 6.07) is 11.5.